The lowest BCUT2D eigenvalue weighted by Gasteiger charge is -2.27. The van der Waals surface area contributed by atoms with Crippen LogP contribution in [0.3, 0.4) is 0 Å². The maximum atomic E-state index is 5.22. The van der Waals surface area contributed by atoms with Gasteiger partial charge in [0.05, 0.1) is 28.4 Å². The highest BCUT2D eigenvalue weighted by Crippen LogP contribution is 2.50. The van der Waals surface area contributed by atoms with Crippen molar-refractivity contribution in [3.05, 3.63) is 192 Å². The lowest BCUT2D eigenvalue weighted by molar-refractivity contribution is 0.854. The molecule has 0 N–H and O–H groups in total. The number of para-hydroxylation sites is 1. The minimum atomic E-state index is 0.168. The van der Waals surface area contributed by atoms with Gasteiger partial charge < -0.3 is 4.57 Å². The van der Waals surface area contributed by atoms with Gasteiger partial charge in [-0.15, -0.1) is 0 Å². The van der Waals surface area contributed by atoms with Crippen LogP contribution < -0.4 is 0 Å². The van der Waals surface area contributed by atoms with Crippen molar-refractivity contribution >= 4 is 44.0 Å². The molecule has 2 heterocycles. The first kappa shape index (κ1) is 27.7. The topological polar surface area (TPSA) is 17.3 Å². The van der Waals surface area contributed by atoms with E-state index in [1.165, 1.54) is 77.1 Å². The molecule has 1 aliphatic heterocycles. The Morgan fingerprint density at radius 3 is 2.28 bits per heavy atom. The highest BCUT2D eigenvalue weighted by Gasteiger charge is 2.36. The van der Waals surface area contributed by atoms with Crippen molar-refractivity contribution in [3.8, 4) is 27.9 Å². The summed E-state index contributed by atoms with van der Waals surface area (Å²) in [7, 11) is 0. The number of aliphatic imine (C=N–C) groups is 1. The summed E-state index contributed by atoms with van der Waals surface area (Å²) in [5.41, 5.74) is 16.1. The van der Waals surface area contributed by atoms with Crippen molar-refractivity contribution in [1.82, 2.24) is 4.57 Å². The van der Waals surface area contributed by atoms with Gasteiger partial charge in [0.15, 0.2) is 0 Å². The molecule has 2 aliphatic carbocycles. The predicted octanol–water partition coefficient (Wildman–Crippen LogP) is 12.5. The fourth-order valence-corrected chi connectivity index (χ4v) is 8.80. The van der Waals surface area contributed by atoms with Gasteiger partial charge in [0.2, 0.25) is 0 Å². The number of fused-ring (bicyclic) bond motifs is 13. The molecule has 2 atom stereocenters. The number of rotatable bonds is 3. The minimum absolute atomic E-state index is 0.168. The second-order valence-electron chi connectivity index (χ2n) is 13.8. The van der Waals surface area contributed by atoms with Gasteiger partial charge in [0.25, 0.3) is 0 Å². The first-order chi connectivity index (χ1) is 24.8. The van der Waals surface area contributed by atoms with Crippen LogP contribution in [-0.4, -0.2) is 10.3 Å². The number of hydrogen-bond acceptors (Lipinski definition) is 1. The zero-order valence-corrected chi connectivity index (χ0v) is 27.4. The third kappa shape index (κ3) is 3.99. The highest BCUT2D eigenvalue weighted by atomic mass is 15.0. The lowest BCUT2D eigenvalue weighted by Crippen LogP contribution is -2.18. The maximum Gasteiger partial charge on any atom is 0.0675 e. The standard InChI is InChI=1S/C48H32N2/c1-2-10-30(11-3-1)31-18-20-32(21-19-31)34-23-27-45-43(28-34)40-25-22-33-12-4-5-13-36(33)48(40)50(45)35-24-26-39-42(29-35)37-14-6-7-15-38(37)46-41-16-8-9-17-44(41)49-47(39)46/h1-10,12-30,46H,11H2. The Bertz CT molecular complexity index is 2790. The van der Waals surface area contributed by atoms with Crippen LogP contribution in [0, 0.1) is 0 Å². The first-order valence-electron chi connectivity index (χ1n) is 17.6. The Morgan fingerprint density at radius 2 is 1.38 bits per heavy atom. The van der Waals surface area contributed by atoms with Crippen molar-refractivity contribution in [2.24, 2.45) is 4.99 Å². The maximum absolute atomic E-state index is 5.22. The minimum Gasteiger partial charge on any atom is -0.309 e. The second kappa shape index (κ2) is 10.6. The van der Waals surface area contributed by atoms with E-state index in [0.717, 1.165) is 23.5 Å². The SMILES string of the molecule is C1=CCC(c2ccc(-c3ccc4c(c3)c3ccc5ccccc5c3n4-c3ccc4c(c3)-c3ccccc3C3C4=Nc4ccccc43)cc2)C=C1. The molecule has 3 aliphatic rings. The largest absolute Gasteiger partial charge is 0.309 e. The van der Waals surface area contributed by atoms with Crippen LogP contribution in [0.25, 0.3) is 60.5 Å². The molecule has 7 aromatic carbocycles. The summed E-state index contributed by atoms with van der Waals surface area (Å²) in [6.45, 7) is 0. The van der Waals surface area contributed by atoms with Crippen LogP contribution in [0.2, 0.25) is 0 Å². The summed E-state index contributed by atoms with van der Waals surface area (Å²) >= 11 is 0. The molecule has 11 rings (SSSR count). The van der Waals surface area contributed by atoms with E-state index >= 15 is 0 Å². The number of aromatic nitrogens is 1. The molecule has 0 saturated heterocycles. The van der Waals surface area contributed by atoms with Crippen molar-refractivity contribution in [1.29, 1.82) is 0 Å². The fourth-order valence-electron chi connectivity index (χ4n) is 8.80. The van der Waals surface area contributed by atoms with Gasteiger partial charge in [0, 0.05) is 33.3 Å². The molecule has 2 nitrogen and oxygen atoms in total. The van der Waals surface area contributed by atoms with Gasteiger partial charge in [-0.05, 0) is 81.1 Å². The van der Waals surface area contributed by atoms with E-state index in [0.29, 0.717) is 5.92 Å². The Balaban J connectivity index is 1.11. The lowest BCUT2D eigenvalue weighted by atomic mass is 9.75. The van der Waals surface area contributed by atoms with Crippen LogP contribution in [0.5, 0.6) is 0 Å². The van der Waals surface area contributed by atoms with Gasteiger partial charge in [-0.1, -0.05) is 140 Å². The zero-order valence-electron chi connectivity index (χ0n) is 27.4. The number of nitrogens with zero attached hydrogens (tertiary/aromatic N) is 2. The molecule has 0 saturated carbocycles. The Morgan fingerprint density at radius 1 is 0.560 bits per heavy atom. The molecule has 50 heavy (non-hydrogen) atoms. The molecule has 0 fully saturated rings. The molecule has 234 valence electrons. The van der Waals surface area contributed by atoms with Crippen molar-refractivity contribution in [3.63, 3.8) is 0 Å². The van der Waals surface area contributed by atoms with Crippen molar-refractivity contribution < 1.29 is 0 Å². The molecular weight excluding hydrogens is 605 g/mol. The Kier molecular flexibility index (Phi) is 5.88. The van der Waals surface area contributed by atoms with Crippen molar-refractivity contribution in [2.75, 3.05) is 0 Å². The Labute approximate surface area is 291 Å². The summed E-state index contributed by atoms with van der Waals surface area (Å²) in [4.78, 5) is 5.22. The molecule has 1 aromatic heterocycles. The highest BCUT2D eigenvalue weighted by molar-refractivity contribution is 6.20. The molecule has 2 heteroatoms. The fraction of sp³-hybridized carbons (Fsp3) is 0.0625. The first-order valence-corrected chi connectivity index (χ1v) is 17.6. The molecule has 0 radical (unpaired) electrons. The van der Waals surface area contributed by atoms with Gasteiger partial charge >= 0.3 is 0 Å². The van der Waals surface area contributed by atoms with Gasteiger partial charge in [-0.2, -0.15) is 0 Å². The number of benzene rings is 7. The summed E-state index contributed by atoms with van der Waals surface area (Å²) in [6.07, 6.45) is 9.92. The summed E-state index contributed by atoms with van der Waals surface area (Å²) in [6, 6.07) is 54.1. The third-order valence-corrected chi connectivity index (χ3v) is 11.2. The van der Waals surface area contributed by atoms with E-state index in [9.17, 15) is 0 Å². The van der Waals surface area contributed by atoms with E-state index in [1.807, 2.05) is 0 Å². The predicted molar refractivity (Wildman–Crippen MR) is 209 cm³/mol. The van der Waals surface area contributed by atoms with E-state index in [1.54, 1.807) is 0 Å². The zero-order chi connectivity index (χ0) is 32.8. The molecular formula is C48H32N2. The summed E-state index contributed by atoms with van der Waals surface area (Å²) < 4.78 is 2.49. The van der Waals surface area contributed by atoms with E-state index in [-0.39, 0.29) is 5.92 Å². The van der Waals surface area contributed by atoms with Crippen molar-refractivity contribution in [2.45, 2.75) is 18.3 Å². The summed E-state index contributed by atoms with van der Waals surface area (Å²) in [5.74, 6) is 0.620. The van der Waals surface area contributed by atoms with Gasteiger partial charge in [-0.25, -0.2) is 0 Å². The van der Waals surface area contributed by atoms with Gasteiger partial charge in [-0.3, -0.25) is 4.99 Å². The smallest absolute Gasteiger partial charge is 0.0675 e. The van der Waals surface area contributed by atoms with Crippen LogP contribution in [-0.2, 0) is 0 Å². The van der Waals surface area contributed by atoms with Gasteiger partial charge in [0.1, 0.15) is 0 Å². The molecule has 2 unspecified atom stereocenters. The normalized spacial score (nSPS) is 17.1. The van der Waals surface area contributed by atoms with E-state index in [4.69, 9.17) is 4.99 Å². The number of hydrogen-bond donors (Lipinski definition) is 0. The second-order valence-corrected chi connectivity index (χ2v) is 13.8. The molecule has 0 bridgehead atoms. The summed E-state index contributed by atoms with van der Waals surface area (Å²) in [5, 5.41) is 5.04. The monoisotopic (exact) mass is 636 g/mol. The quantitative estimate of drug-likeness (QED) is 0.184. The van der Waals surface area contributed by atoms with Crippen LogP contribution >= 0.6 is 0 Å². The van der Waals surface area contributed by atoms with E-state index in [2.05, 4.69) is 174 Å². The van der Waals surface area contributed by atoms with E-state index < -0.39 is 0 Å². The van der Waals surface area contributed by atoms with Crippen LogP contribution in [0.4, 0.5) is 5.69 Å². The molecule has 0 spiro atoms. The molecule has 8 aromatic rings. The average Bonchev–Trinajstić information content (AvgIpc) is 3.75. The van der Waals surface area contributed by atoms with Crippen LogP contribution in [0.15, 0.2) is 175 Å². The number of allylic oxidation sites excluding steroid dienone is 4. The van der Waals surface area contributed by atoms with Crippen LogP contribution in [0.1, 0.15) is 40.5 Å². The Hall–Kier alpha value is -6.25. The average molecular weight is 637 g/mol. The third-order valence-electron chi connectivity index (χ3n) is 11.2. The molecule has 0 amide bonds.